The number of anilines is 2. The van der Waals surface area contributed by atoms with Crippen LogP contribution in [0.4, 0.5) is 11.5 Å². The largest absolute Gasteiger partial charge is 0.465 e. The molecule has 0 saturated heterocycles. The first-order valence-corrected chi connectivity index (χ1v) is 7.81. The Hall–Kier alpha value is -2.64. The van der Waals surface area contributed by atoms with Crippen molar-refractivity contribution >= 4 is 35.0 Å². The lowest BCUT2D eigenvalue weighted by molar-refractivity contribution is 0.0600. The Morgan fingerprint density at radius 3 is 2.56 bits per heavy atom. The van der Waals surface area contributed by atoms with E-state index in [-0.39, 0.29) is 11.5 Å². The molecule has 0 aliphatic rings. The molecule has 2 rings (SSSR count). The molecule has 0 aliphatic heterocycles. The first-order valence-electron chi connectivity index (χ1n) is 7.43. The van der Waals surface area contributed by atoms with E-state index in [1.54, 1.807) is 19.2 Å². The molecule has 0 unspecified atom stereocenters. The van der Waals surface area contributed by atoms with E-state index < -0.39 is 5.97 Å². The summed E-state index contributed by atoms with van der Waals surface area (Å²) in [5.41, 5.74) is 0.965. The maximum absolute atomic E-state index is 12.3. The third-order valence-electron chi connectivity index (χ3n) is 3.27. The maximum Gasteiger partial charge on any atom is 0.337 e. The second-order valence-corrected chi connectivity index (χ2v) is 5.40. The summed E-state index contributed by atoms with van der Waals surface area (Å²) in [5.74, 6) is -0.264. The van der Waals surface area contributed by atoms with Crippen molar-refractivity contribution in [2.75, 3.05) is 38.0 Å². The number of halogens is 1. The molecule has 1 heterocycles. The molecule has 0 bridgehead atoms. The number of aromatic nitrogens is 1. The van der Waals surface area contributed by atoms with Crippen molar-refractivity contribution in [3.63, 3.8) is 0 Å². The van der Waals surface area contributed by atoms with Crippen LogP contribution in [0.5, 0.6) is 0 Å². The second kappa shape index (κ2) is 9.00. The summed E-state index contributed by atoms with van der Waals surface area (Å²) >= 11 is 6.07. The maximum atomic E-state index is 12.3. The highest BCUT2D eigenvalue weighted by atomic mass is 35.5. The van der Waals surface area contributed by atoms with Crippen LogP contribution in [-0.2, 0) is 9.47 Å². The normalized spacial score (nSPS) is 10.2. The van der Waals surface area contributed by atoms with Gasteiger partial charge in [0, 0.05) is 19.9 Å². The number of methoxy groups -OCH3 is 2. The first kappa shape index (κ1) is 18.7. The third-order valence-corrected chi connectivity index (χ3v) is 3.60. The van der Waals surface area contributed by atoms with Gasteiger partial charge in [-0.15, -0.1) is 0 Å². The van der Waals surface area contributed by atoms with Gasteiger partial charge in [-0.25, -0.2) is 9.78 Å². The van der Waals surface area contributed by atoms with E-state index in [1.165, 1.54) is 31.5 Å². The van der Waals surface area contributed by atoms with Crippen LogP contribution in [0.1, 0.15) is 20.7 Å². The van der Waals surface area contributed by atoms with Crippen molar-refractivity contribution in [1.82, 2.24) is 4.98 Å². The number of carbonyl (C=O) groups excluding carboxylic acids is 2. The van der Waals surface area contributed by atoms with E-state index >= 15 is 0 Å². The molecular weight excluding hydrogens is 346 g/mol. The zero-order valence-electron chi connectivity index (χ0n) is 13.8. The summed E-state index contributed by atoms with van der Waals surface area (Å²) in [6.07, 6.45) is 1.45. The number of benzene rings is 1. The SMILES string of the molecule is COCCNc1ccc(C(=O)Nc2cc(C(=O)OC)ccc2Cl)cn1. The molecule has 0 fully saturated rings. The summed E-state index contributed by atoms with van der Waals surface area (Å²) in [7, 11) is 2.89. The fraction of sp³-hybridized carbons (Fsp3) is 0.235. The Labute approximate surface area is 150 Å². The van der Waals surface area contributed by atoms with Gasteiger partial charge in [0.15, 0.2) is 0 Å². The second-order valence-electron chi connectivity index (χ2n) is 4.99. The standard InChI is InChI=1S/C17H18ClN3O4/c1-24-8-7-19-15-6-4-12(10-20-15)16(22)21-14-9-11(17(23)25-2)3-5-13(14)18/h3-6,9-10H,7-8H2,1-2H3,(H,19,20)(H,21,22). The number of rotatable bonds is 7. The Morgan fingerprint density at radius 2 is 1.92 bits per heavy atom. The number of pyridine rings is 1. The predicted octanol–water partition coefficient (Wildman–Crippen LogP) is 2.83. The monoisotopic (exact) mass is 363 g/mol. The Kier molecular flexibility index (Phi) is 6.73. The molecule has 25 heavy (non-hydrogen) atoms. The Bertz CT molecular complexity index is 750. The van der Waals surface area contributed by atoms with E-state index in [9.17, 15) is 9.59 Å². The molecular formula is C17H18ClN3O4. The van der Waals surface area contributed by atoms with Crippen LogP contribution in [0.3, 0.4) is 0 Å². The highest BCUT2D eigenvalue weighted by Crippen LogP contribution is 2.24. The lowest BCUT2D eigenvalue weighted by Gasteiger charge is -2.09. The minimum Gasteiger partial charge on any atom is -0.465 e. The van der Waals surface area contributed by atoms with Gasteiger partial charge in [0.2, 0.25) is 0 Å². The van der Waals surface area contributed by atoms with Crippen molar-refractivity contribution in [3.05, 3.63) is 52.7 Å². The summed E-state index contributed by atoms with van der Waals surface area (Å²) in [4.78, 5) is 28.1. The summed E-state index contributed by atoms with van der Waals surface area (Å²) in [6, 6.07) is 7.82. The lowest BCUT2D eigenvalue weighted by Crippen LogP contribution is -2.14. The summed E-state index contributed by atoms with van der Waals surface area (Å²) in [5, 5.41) is 6.03. The average Bonchev–Trinajstić information content (AvgIpc) is 2.63. The topological polar surface area (TPSA) is 89.6 Å². The molecule has 0 spiro atoms. The van der Waals surface area contributed by atoms with E-state index in [0.717, 1.165) is 0 Å². The molecule has 0 atom stereocenters. The number of amides is 1. The number of esters is 1. The van der Waals surface area contributed by atoms with E-state index in [4.69, 9.17) is 16.3 Å². The number of nitrogens with zero attached hydrogens (tertiary/aromatic N) is 1. The molecule has 1 aromatic heterocycles. The highest BCUT2D eigenvalue weighted by molar-refractivity contribution is 6.34. The van der Waals surface area contributed by atoms with Crippen molar-refractivity contribution < 1.29 is 19.1 Å². The molecule has 0 saturated carbocycles. The lowest BCUT2D eigenvalue weighted by atomic mass is 10.2. The van der Waals surface area contributed by atoms with Crippen LogP contribution in [0.2, 0.25) is 5.02 Å². The number of nitrogens with one attached hydrogen (secondary N) is 2. The van der Waals surface area contributed by atoms with Crippen LogP contribution in [-0.4, -0.2) is 44.2 Å². The molecule has 7 nitrogen and oxygen atoms in total. The van der Waals surface area contributed by atoms with Gasteiger partial charge >= 0.3 is 5.97 Å². The van der Waals surface area contributed by atoms with E-state index in [2.05, 4.69) is 20.4 Å². The van der Waals surface area contributed by atoms with Gasteiger partial charge < -0.3 is 20.1 Å². The van der Waals surface area contributed by atoms with Crippen LogP contribution >= 0.6 is 11.6 Å². The van der Waals surface area contributed by atoms with Crippen LogP contribution in [0.15, 0.2) is 36.5 Å². The zero-order valence-corrected chi connectivity index (χ0v) is 14.6. The number of ether oxygens (including phenoxy) is 2. The molecule has 0 aliphatic carbocycles. The number of carbonyl (C=O) groups is 2. The summed E-state index contributed by atoms with van der Waals surface area (Å²) < 4.78 is 9.59. The summed E-state index contributed by atoms with van der Waals surface area (Å²) in [6.45, 7) is 1.17. The first-order chi connectivity index (χ1) is 12.0. The molecule has 2 aromatic rings. The van der Waals surface area contributed by atoms with Gasteiger partial charge in [-0.05, 0) is 30.3 Å². The molecule has 132 valence electrons. The fourth-order valence-electron chi connectivity index (χ4n) is 1.97. The molecule has 0 radical (unpaired) electrons. The third kappa shape index (κ3) is 5.17. The van der Waals surface area contributed by atoms with Gasteiger partial charge in [0.1, 0.15) is 5.82 Å². The van der Waals surface area contributed by atoms with E-state index in [1.807, 2.05) is 0 Å². The number of hydrogen-bond donors (Lipinski definition) is 2. The quantitative estimate of drug-likeness (QED) is 0.580. The van der Waals surface area contributed by atoms with Crippen LogP contribution < -0.4 is 10.6 Å². The molecule has 8 heteroatoms. The molecule has 2 N–H and O–H groups in total. The highest BCUT2D eigenvalue weighted by Gasteiger charge is 2.13. The Morgan fingerprint density at radius 1 is 1.16 bits per heavy atom. The fourth-order valence-corrected chi connectivity index (χ4v) is 2.14. The number of hydrogen-bond acceptors (Lipinski definition) is 6. The van der Waals surface area contributed by atoms with Gasteiger partial charge in [0.25, 0.3) is 5.91 Å². The average molecular weight is 364 g/mol. The zero-order chi connectivity index (χ0) is 18.2. The predicted molar refractivity (Wildman–Crippen MR) is 95.3 cm³/mol. The van der Waals surface area contributed by atoms with Crippen molar-refractivity contribution in [2.24, 2.45) is 0 Å². The minimum atomic E-state index is -0.514. The molecule has 1 amide bonds. The minimum absolute atomic E-state index is 0.290. The van der Waals surface area contributed by atoms with Crippen LogP contribution in [0.25, 0.3) is 0 Å². The van der Waals surface area contributed by atoms with Crippen molar-refractivity contribution in [2.45, 2.75) is 0 Å². The van der Waals surface area contributed by atoms with Crippen molar-refractivity contribution in [3.8, 4) is 0 Å². The van der Waals surface area contributed by atoms with Crippen molar-refractivity contribution in [1.29, 1.82) is 0 Å². The van der Waals surface area contributed by atoms with Gasteiger partial charge in [-0.3, -0.25) is 4.79 Å². The van der Waals surface area contributed by atoms with Crippen LogP contribution in [0, 0.1) is 0 Å². The smallest absolute Gasteiger partial charge is 0.337 e. The van der Waals surface area contributed by atoms with E-state index in [0.29, 0.717) is 35.2 Å². The molecule has 1 aromatic carbocycles. The van der Waals surface area contributed by atoms with Gasteiger partial charge in [0.05, 0.1) is 35.6 Å². The van der Waals surface area contributed by atoms with Gasteiger partial charge in [-0.1, -0.05) is 11.6 Å². The Balaban J connectivity index is 2.07. The van der Waals surface area contributed by atoms with Gasteiger partial charge in [-0.2, -0.15) is 0 Å².